The summed E-state index contributed by atoms with van der Waals surface area (Å²) in [7, 11) is -3.06. The highest BCUT2D eigenvalue weighted by Gasteiger charge is 2.26. The van der Waals surface area contributed by atoms with E-state index < -0.39 is 10.0 Å². The highest BCUT2D eigenvalue weighted by atomic mass is 32.2. The molecule has 2 atom stereocenters. The maximum absolute atomic E-state index is 11.7. The molecule has 0 saturated carbocycles. The van der Waals surface area contributed by atoms with Crippen molar-refractivity contribution in [1.82, 2.24) is 8.87 Å². The number of sulfonamides is 1. The molecule has 2 unspecified atom stereocenters. The van der Waals surface area contributed by atoms with Crippen LogP contribution in [0.3, 0.4) is 0 Å². The second-order valence-electron chi connectivity index (χ2n) is 6.17. The number of hydrogen-bond acceptors (Lipinski definition) is 3. The zero-order chi connectivity index (χ0) is 15.5. The molecule has 0 aromatic carbocycles. The van der Waals surface area contributed by atoms with E-state index in [4.69, 9.17) is 5.73 Å². The lowest BCUT2D eigenvalue weighted by molar-refractivity contribution is 0.246. The lowest BCUT2D eigenvalue weighted by Gasteiger charge is -2.31. The SMILES string of the molecule is CCCC(N)c1ccn(CC2CCCN(S(C)(=O)=O)C2)c1. The third-order valence-corrected chi connectivity index (χ3v) is 5.49. The molecule has 21 heavy (non-hydrogen) atoms. The van der Waals surface area contributed by atoms with Gasteiger partial charge in [-0.25, -0.2) is 12.7 Å². The molecule has 6 heteroatoms. The van der Waals surface area contributed by atoms with Crippen molar-refractivity contribution in [2.75, 3.05) is 19.3 Å². The molecule has 1 aliphatic heterocycles. The minimum atomic E-state index is -3.06. The fourth-order valence-electron chi connectivity index (χ4n) is 3.05. The van der Waals surface area contributed by atoms with E-state index >= 15 is 0 Å². The van der Waals surface area contributed by atoms with Gasteiger partial charge < -0.3 is 10.3 Å². The van der Waals surface area contributed by atoms with Gasteiger partial charge in [-0.3, -0.25) is 0 Å². The molecule has 0 amide bonds. The van der Waals surface area contributed by atoms with Gasteiger partial charge in [0.05, 0.1) is 6.26 Å². The van der Waals surface area contributed by atoms with Gasteiger partial charge in [-0.15, -0.1) is 0 Å². The molecule has 1 fully saturated rings. The quantitative estimate of drug-likeness (QED) is 0.873. The van der Waals surface area contributed by atoms with Crippen LogP contribution >= 0.6 is 0 Å². The Bertz CT molecular complexity index is 553. The van der Waals surface area contributed by atoms with Crippen LogP contribution in [0.5, 0.6) is 0 Å². The van der Waals surface area contributed by atoms with Crippen LogP contribution in [0.4, 0.5) is 0 Å². The van der Waals surface area contributed by atoms with E-state index in [1.54, 1.807) is 4.31 Å². The largest absolute Gasteiger partial charge is 0.354 e. The summed E-state index contributed by atoms with van der Waals surface area (Å²) < 4.78 is 27.1. The van der Waals surface area contributed by atoms with Crippen molar-refractivity contribution in [3.63, 3.8) is 0 Å². The van der Waals surface area contributed by atoms with Crippen molar-refractivity contribution >= 4 is 10.0 Å². The maximum atomic E-state index is 11.7. The molecule has 1 aliphatic rings. The van der Waals surface area contributed by atoms with Crippen molar-refractivity contribution in [1.29, 1.82) is 0 Å². The van der Waals surface area contributed by atoms with Gasteiger partial charge in [0.1, 0.15) is 0 Å². The third-order valence-electron chi connectivity index (χ3n) is 4.22. The fourth-order valence-corrected chi connectivity index (χ4v) is 3.99. The lowest BCUT2D eigenvalue weighted by atomic mass is 10.00. The molecule has 2 rings (SSSR count). The summed E-state index contributed by atoms with van der Waals surface area (Å²) in [6.07, 6.45) is 9.58. The summed E-state index contributed by atoms with van der Waals surface area (Å²) in [6.45, 7) is 4.30. The van der Waals surface area contributed by atoms with Crippen molar-refractivity contribution in [3.8, 4) is 0 Å². The summed E-state index contributed by atoms with van der Waals surface area (Å²) >= 11 is 0. The Kier molecular flexibility index (Phi) is 5.46. The monoisotopic (exact) mass is 313 g/mol. The van der Waals surface area contributed by atoms with Gasteiger partial charge in [-0.1, -0.05) is 13.3 Å². The summed E-state index contributed by atoms with van der Waals surface area (Å²) in [4.78, 5) is 0. The van der Waals surface area contributed by atoms with Crippen LogP contribution in [-0.2, 0) is 16.6 Å². The Labute approximate surface area is 128 Å². The molecule has 0 spiro atoms. The second-order valence-corrected chi connectivity index (χ2v) is 8.15. The van der Waals surface area contributed by atoms with Crippen LogP contribution in [0.2, 0.25) is 0 Å². The smallest absolute Gasteiger partial charge is 0.211 e. The first-order valence-corrected chi connectivity index (χ1v) is 9.61. The molecule has 1 saturated heterocycles. The Balaban J connectivity index is 1.95. The fraction of sp³-hybridized carbons (Fsp3) is 0.733. The zero-order valence-corrected chi connectivity index (χ0v) is 13.8. The molecule has 0 bridgehead atoms. The van der Waals surface area contributed by atoms with Crippen LogP contribution < -0.4 is 5.73 Å². The molecular formula is C15H27N3O2S. The van der Waals surface area contributed by atoms with Gasteiger partial charge >= 0.3 is 0 Å². The van der Waals surface area contributed by atoms with Crippen LogP contribution in [-0.4, -0.2) is 36.6 Å². The van der Waals surface area contributed by atoms with Crippen molar-refractivity contribution in [3.05, 3.63) is 24.0 Å². The Hall–Kier alpha value is -0.850. The van der Waals surface area contributed by atoms with Gasteiger partial charge in [0, 0.05) is 38.1 Å². The van der Waals surface area contributed by atoms with Gasteiger partial charge in [0.15, 0.2) is 0 Å². The van der Waals surface area contributed by atoms with E-state index in [2.05, 4.69) is 30.0 Å². The van der Waals surface area contributed by atoms with Crippen LogP contribution in [0, 0.1) is 5.92 Å². The highest BCUT2D eigenvalue weighted by molar-refractivity contribution is 7.88. The van der Waals surface area contributed by atoms with E-state index in [-0.39, 0.29) is 6.04 Å². The van der Waals surface area contributed by atoms with Crippen LogP contribution in [0.15, 0.2) is 18.5 Å². The highest BCUT2D eigenvalue weighted by Crippen LogP contribution is 2.22. The number of hydrogen-bond donors (Lipinski definition) is 1. The van der Waals surface area contributed by atoms with Crippen molar-refractivity contribution < 1.29 is 8.42 Å². The predicted molar refractivity (Wildman–Crippen MR) is 85.4 cm³/mol. The van der Waals surface area contributed by atoms with Crippen molar-refractivity contribution in [2.45, 2.75) is 45.2 Å². The molecule has 0 aliphatic carbocycles. The van der Waals surface area contributed by atoms with Gasteiger partial charge in [0.2, 0.25) is 10.0 Å². The van der Waals surface area contributed by atoms with Crippen LogP contribution in [0.25, 0.3) is 0 Å². The molecular weight excluding hydrogens is 286 g/mol. The lowest BCUT2D eigenvalue weighted by Crippen LogP contribution is -2.40. The van der Waals surface area contributed by atoms with E-state index in [0.717, 1.165) is 32.2 Å². The first kappa shape index (κ1) is 16.5. The van der Waals surface area contributed by atoms with Gasteiger partial charge in [0.25, 0.3) is 0 Å². The molecule has 1 aromatic heterocycles. The van der Waals surface area contributed by atoms with Gasteiger partial charge in [-0.05, 0) is 36.8 Å². The summed E-state index contributed by atoms with van der Waals surface area (Å²) in [5, 5.41) is 0. The standard InChI is InChI=1S/C15H27N3O2S/c1-3-5-15(16)14-7-9-17(12-14)10-13-6-4-8-18(11-13)21(2,19)20/h7,9,12-13,15H,3-6,8,10-11,16H2,1-2H3. The predicted octanol–water partition coefficient (Wildman–Crippen LogP) is 1.96. The molecule has 2 heterocycles. The maximum Gasteiger partial charge on any atom is 0.211 e. The third kappa shape index (κ3) is 4.56. The first-order valence-electron chi connectivity index (χ1n) is 7.76. The normalized spacial score (nSPS) is 22.3. The number of piperidine rings is 1. The summed E-state index contributed by atoms with van der Waals surface area (Å²) in [6, 6.07) is 2.19. The minimum absolute atomic E-state index is 0.107. The first-order chi connectivity index (χ1) is 9.90. The Morgan fingerprint density at radius 2 is 2.24 bits per heavy atom. The molecule has 1 aromatic rings. The minimum Gasteiger partial charge on any atom is -0.354 e. The summed E-state index contributed by atoms with van der Waals surface area (Å²) in [5.41, 5.74) is 7.30. The topological polar surface area (TPSA) is 68.3 Å². The Morgan fingerprint density at radius 3 is 2.90 bits per heavy atom. The molecule has 5 nitrogen and oxygen atoms in total. The van der Waals surface area contributed by atoms with Crippen LogP contribution in [0.1, 0.15) is 44.2 Å². The molecule has 120 valence electrons. The number of rotatable bonds is 6. The molecule has 0 radical (unpaired) electrons. The summed E-state index contributed by atoms with van der Waals surface area (Å²) in [5.74, 6) is 0.385. The van der Waals surface area contributed by atoms with Crippen molar-refractivity contribution in [2.24, 2.45) is 11.7 Å². The number of nitrogens with two attached hydrogens (primary N) is 1. The van der Waals surface area contributed by atoms with E-state index in [0.29, 0.717) is 19.0 Å². The molecule has 2 N–H and O–H groups in total. The van der Waals surface area contributed by atoms with E-state index in [9.17, 15) is 8.42 Å². The van der Waals surface area contributed by atoms with E-state index in [1.165, 1.54) is 11.8 Å². The average molecular weight is 313 g/mol. The second kappa shape index (κ2) is 6.94. The zero-order valence-electron chi connectivity index (χ0n) is 13.0. The average Bonchev–Trinajstić information content (AvgIpc) is 2.87. The number of nitrogens with zero attached hydrogens (tertiary/aromatic N) is 2. The van der Waals surface area contributed by atoms with Gasteiger partial charge in [-0.2, -0.15) is 0 Å². The Morgan fingerprint density at radius 1 is 1.48 bits per heavy atom. The number of aromatic nitrogens is 1. The van der Waals surface area contributed by atoms with E-state index in [1.807, 2.05) is 0 Å².